The molecule has 1 aliphatic rings. The number of hydrogen-bond donors (Lipinski definition) is 1. The molecule has 0 bridgehead atoms. The molecule has 1 fully saturated rings. The molecule has 2 aromatic carbocycles. The standard InChI is InChI=1S/C19H22FNO/c20-19-3-1-2-17(11-19)12-21-9-8-18(13-21)10-15-4-6-16(14-22)7-5-15/h1-7,11,18,22H,8-10,12-14H2/t18-/m1/s1. The van der Waals surface area contributed by atoms with Crippen LogP contribution in [0.3, 0.4) is 0 Å². The SMILES string of the molecule is OCc1ccc(C[C@H]2CCN(Cc3cccc(F)c3)C2)cc1. The molecule has 1 atom stereocenters. The maximum Gasteiger partial charge on any atom is 0.123 e. The second-order valence-electron chi connectivity index (χ2n) is 6.20. The Balaban J connectivity index is 1.53. The number of aliphatic hydroxyl groups excluding tert-OH is 1. The van der Waals surface area contributed by atoms with Gasteiger partial charge in [0.15, 0.2) is 0 Å². The van der Waals surface area contributed by atoms with E-state index in [0.717, 1.165) is 37.2 Å². The molecule has 0 unspecified atom stereocenters. The van der Waals surface area contributed by atoms with Gasteiger partial charge in [0.1, 0.15) is 5.82 Å². The van der Waals surface area contributed by atoms with Gasteiger partial charge in [-0.15, -0.1) is 0 Å². The predicted molar refractivity (Wildman–Crippen MR) is 85.9 cm³/mol. The lowest BCUT2D eigenvalue weighted by Gasteiger charge is -2.16. The number of rotatable bonds is 5. The maximum atomic E-state index is 13.2. The van der Waals surface area contributed by atoms with Crippen molar-refractivity contribution in [2.45, 2.75) is 26.0 Å². The van der Waals surface area contributed by atoms with Crippen LogP contribution in [0.15, 0.2) is 48.5 Å². The fraction of sp³-hybridized carbons (Fsp3) is 0.368. The summed E-state index contributed by atoms with van der Waals surface area (Å²) in [5, 5.41) is 9.07. The minimum absolute atomic E-state index is 0.102. The smallest absolute Gasteiger partial charge is 0.123 e. The lowest BCUT2D eigenvalue weighted by atomic mass is 9.98. The van der Waals surface area contributed by atoms with Gasteiger partial charge in [0.2, 0.25) is 0 Å². The zero-order valence-corrected chi connectivity index (χ0v) is 12.7. The number of hydrogen-bond acceptors (Lipinski definition) is 2. The number of nitrogens with zero attached hydrogens (tertiary/aromatic N) is 1. The summed E-state index contributed by atoms with van der Waals surface area (Å²) in [6.45, 7) is 3.08. The maximum absolute atomic E-state index is 13.2. The largest absolute Gasteiger partial charge is 0.392 e. The quantitative estimate of drug-likeness (QED) is 0.915. The number of benzene rings is 2. The minimum atomic E-state index is -0.155. The van der Waals surface area contributed by atoms with Crippen LogP contribution in [0.2, 0.25) is 0 Å². The normalized spacial score (nSPS) is 18.7. The van der Waals surface area contributed by atoms with Gasteiger partial charge in [-0.2, -0.15) is 0 Å². The Morgan fingerprint density at radius 3 is 2.55 bits per heavy atom. The fourth-order valence-corrected chi connectivity index (χ4v) is 3.23. The topological polar surface area (TPSA) is 23.5 Å². The number of halogens is 1. The third kappa shape index (κ3) is 3.93. The molecule has 1 N–H and O–H groups in total. The van der Waals surface area contributed by atoms with Crippen LogP contribution in [0, 0.1) is 11.7 Å². The van der Waals surface area contributed by atoms with Crippen molar-refractivity contribution in [3.05, 3.63) is 71.0 Å². The Morgan fingerprint density at radius 1 is 1.05 bits per heavy atom. The van der Waals surface area contributed by atoms with E-state index in [2.05, 4.69) is 17.0 Å². The summed E-state index contributed by atoms with van der Waals surface area (Å²) < 4.78 is 13.2. The second kappa shape index (κ2) is 7.03. The molecular weight excluding hydrogens is 277 g/mol. The Bertz CT molecular complexity index is 611. The van der Waals surface area contributed by atoms with Crippen molar-refractivity contribution in [2.24, 2.45) is 5.92 Å². The van der Waals surface area contributed by atoms with Crippen LogP contribution in [0.25, 0.3) is 0 Å². The highest BCUT2D eigenvalue weighted by Crippen LogP contribution is 2.23. The summed E-state index contributed by atoms with van der Waals surface area (Å²) in [6, 6.07) is 15.1. The summed E-state index contributed by atoms with van der Waals surface area (Å²) in [4.78, 5) is 2.40. The first kappa shape index (κ1) is 15.2. The van der Waals surface area contributed by atoms with Gasteiger partial charge in [0.25, 0.3) is 0 Å². The molecule has 1 heterocycles. The third-order valence-electron chi connectivity index (χ3n) is 4.40. The molecule has 2 nitrogen and oxygen atoms in total. The fourth-order valence-electron chi connectivity index (χ4n) is 3.23. The van der Waals surface area contributed by atoms with E-state index in [9.17, 15) is 4.39 Å². The van der Waals surface area contributed by atoms with E-state index in [1.807, 2.05) is 18.2 Å². The van der Waals surface area contributed by atoms with Gasteiger partial charge in [-0.3, -0.25) is 4.90 Å². The Morgan fingerprint density at radius 2 is 1.82 bits per heavy atom. The molecule has 0 radical (unpaired) electrons. The Kier molecular flexibility index (Phi) is 4.86. The van der Waals surface area contributed by atoms with Gasteiger partial charge < -0.3 is 5.11 Å². The van der Waals surface area contributed by atoms with Gasteiger partial charge >= 0.3 is 0 Å². The molecule has 22 heavy (non-hydrogen) atoms. The molecule has 1 saturated heterocycles. The average Bonchev–Trinajstić information content (AvgIpc) is 2.95. The summed E-state index contributed by atoms with van der Waals surface area (Å²) in [5.41, 5.74) is 3.34. The molecular formula is C19H22FNO. The second-order valence-corrected chi connectivity index (χ2v) is 6.20. The first-order valence-corrected chi connectivity index (χ1v) is 7.88. The van der Waals surface area contributed by atoms with Crippen molar-refractivity contribution in [3.8, 4) is 0 Å². The van der Waals surface area contributed by atoms with Gasteiger partial charge in [-0.25, -0.2) is 4.39 Å². The molecule has 3 rings (SSSR count). The van der Waals surface area contributed by atoms with Crippen LogP contribution < -0.4 is 0 Å². The van der Waals surface area contributed by atoms with Crippen LogP contribution in [-0.2, 0) is 19.6 Å². The van der Waals surface area contributed by atoms with Crippen molar-refractivity contribution < 1.29 is 9.50 Å². The van der Waals surface area contributed by atoms with Gasteiger partial charge in [0, 0.05) is 13.1 Å². The van der Waals surface area contributed by atoms with Crippen LogP contribution in [-0.4, -0.2) is 23.1 Å². The van der Waals surface area contributed by atoms with Crippen molar-refractivity contribution in [1.82, 2.24) is 4.90 Å². The summed E-state index contributed by atoms with van der Waals surface area (Å²) >= 11 is 0. The van der Waals surface area contributed by atoms with Gasteiger partial charge in [-0.1, -0.05) is 36.4 Å². The Labute approximate surface area is 131 Å². The lowest BCUT2D eigenvalue weighted by molar-refractivity contribution is 0.282. The van der Waals surface area contributed by atoms with E-state index in [0.29, 0.717) is 5.92 Å². The van der Waals surface area contributed by atoms with E-state index >= 15 is 0 Å². The number of likely N-dealkylation sites (tertiary alicyclic amines) is 1. The van der Waals surface area contributed by atoms with Crippen molar-refractivity contribution in [1.29, 1.82) is 0 Å². The molecule has 3 heteroatoms. The summed E-state index contributed by atoms with van der Waals surface area (Å²) in [6.07, 6.45) is 2.27. The van der Waals surface area contributed by atoms with E-state index in [1.54, 1.807) is 12.1 Å². The summed E-state index contributed by atoms with van der Waals surface area (Å²) in [7, 11) is 0. The van der Waals surface area contributed by atoms with Crippen LogP contribution in [0.4, 0.5) is 4.39 Å². The molecule has 0 saturated carbocycles. The minimum Gasteiger partial charge on any atom is -0.392 e. The highest BCUT2D eigenvalue weighted by Gasteiger charge is 2.22. The molecule has 0 spiro atoms. The average molecular weight is 299 g/mol. The molecule has 116 valence electrons. The monoisotopic (exact) mass is 299 g/mol. The molecule has 2 aromatic rings. The molecule has 0 aliphatic carbocycles. The van der Waals surface area contributed by atoms with Crippen molar-refractivity contribution in [3.63, 3.8) is 0 Å². The van der Waals surface area contributed by atoms with Crippen molar-refractivity contribution >= 4 is 0 Å². The van der Waals surface area contributed by atoms with Crippen LogP contribution >= 0.6 is 0 Å². The summed E-state index contributed by atoms with van der Waals surface area (Å²) in [5.74, 6) is 0.505. The molecule has 0 amide bonds. The number of aliphatic hydroxyl groups is 1. The zero-order valence-electron chi connectivity index (χ0n) is 12.7. The van der Waals surface area contributed by atoms with E-state index < -0.39 is 0 Å². The highest BCUT2D eigenvalue weighted by molar-refractivity contribution is 5.22. The lowest BCUT2D eigenvalue weighted by Crippen LogP contribution is -2.20. The first-order valence-electron chi connectivity index (χ1n) is 7.88. The van der Waals surface area contributed by atoms with Crippen molar-refractivity contribution in [2.75, 3.05) is 13.1 Å². The molecule has 1 aliphatic heterocycles. The van der Waals surface area contributed by atoms with E-state index in [-0.39, 0.29) is 12.4 Å². The highest BCUT2D eigenvalue weighted by atomic mass is 19.1. The van der Waals surface area contributed by atoms with E-state index in [1.165, 1.54) is 18.1 Å². The van der Waals surface area contributed by atoms with E-state index in [4.69, 9.17) is 5.11 Å². The Hall–Kier alpha value is -1.71. The molecule has 0 aromatic heterocycles. The van der Waals surface area contributed by atoms with Gasteiger partial charge in [-0.05, 0) is 54.1 Å². The van der Waals surface area contributed by atoms with Crippen LogP contribution in [0.5, 0.6) is 0 Å². The zero-order chi connectivity index (χ0) is 15.4. The first-order chi connectivity index (χ1) is 10.7. The van der Waals surface area contributed by atoms with Gasteiger partial charge in [0.05, 0.1) is 6.61 Å². The predicted octanol–water partition coefficient (Wildman–Crippen LogP) is 3.38. The third-order valence-corrected chi connectivity index (χ3v) is 4.40. The van der Waals surface area contributed by atoms with Crippen LogP contribution in [0.1, 0.15) is 23.1 Å².